The van der Waals surface area contributed by atoms with Gasteiger partial charge < -0.3 is 10.2 Å². The quantitative estimate of drug-likeness (QED) is 0.881. The van der Waals surface area contributed by atoms with Crippen LogP contribution in [0.4, 0.5) is 0 Å². The van der Waals surface area contributed by atoms with E-state index < -0.39 is 0 Å². The van der Waals surface area contributed by atoms with E-state index in [2.05, 4.69) is 35.1 Å². The Morgan fingerprint density at radius 3 is 3.11 bits per heavy atom. The van der Waals surface area contributed by atoms with Crippen LogP contribution in [0.3, 0.4) is 0 Å². The maximum Gasteiger partial charge on any atom is 0.0300 e. The van der Waals surface area contributed by atoms with Crippen LogP contribution >= 0.6 is 0 Å². The summed E-state index contributed by atoms with van der Waals surface area (Å²) in [4.78, 5) is 6.77. The Morgan fingerprint density at radius 2 is 2.39 bits per heavy atom. The summed E-state index contributed by atoms with van der Waals surface area (Å²) in [7, 11) is 0. The smallest absolute Gasteiger partial charge is 0.0300 e. The van der Waals surface area contributed by atoms with Gasteiger partial charge in [0.15, 0.2) is 0 Å². The molecule has 1 saturated heterocycles. The van der Waals surface area contributed by atoms with Gasteiger partial charge in [-0.15, -0.1) is 0 Å². The summed E-state index contributed by atoms with van der Waals surface area (Å²) in [6, 6.07) is 4.83. The predicted octanol–water partition coefficient (Wildman–Crippen LogP) is 1.94. The van der Waals surface area contributed by atoms with Crippen molar-refractivity contribution in [3.05, 3.63) is 30.1 Å². The second-order valence-electron chi connectivity index (χ2n) is 5.57. The Bertz CT molecular complexity index is 337. The molecule has 1 atom stereocenters. The number of pyridine rings is 1. The summed E-state index contributed by atoms with van der Waals surface area (Å²) in [6.07, 6.45) is 6.19. The van der Waals surface area contributed by atoms with Gasteiger partial charge in [0, 0.05) is 31.5 Å². The van der Waals surface area contributed by atoms with Crippen molar-refractivity contribution in [2.75, 3.05) is 26.2 Å². The molecule has 0 amide bonds. The molecular formula is C15H25N3. The second-order valence-corrected chi connectivity index (χ2v) is 5.57. The van der Waals surface area contributed by atoms with Crippen LogP contribution in [0.25, 0.3) is 0 Å². The summed E-state index contributed by atoms with van der Waals surface area (Å²) in [5.74, 6) is 0.712. The van der Waals surface area contributed by atoms with Crippen molar-refractivity contribution in [3.63, 3.8) is 0 Å². The third-order valence-electron chi connectivity index (χ3n) is 3.76. The summed E-state index contributed by atoms with van der Waals surface area (Å²) >= 11 is 0. The SMILES string of the molecule is CC(C)C1CN(CCc2cccnc2)CCCN1. The van der Waals surface area contributed by atoms with Crippen molar-refractivity contribution in [1.29, 1.82) is 0 Å². The Labute approximate surface area is 111 Å². The minimum absolute atomic E-state index is 0.640. The Kier molecular flexibility index (Phi) is 5.14. The highest BCUT2D eigenvalue weighted by molar-refractivity contribution is 5.08. The van der Waals surface area contributed by atoms with Crippen LogP contribution in [0.1, 0.15) is 25.8 Å². The molecule has 1 aliphatic heterocycles. The average molecular weight is 247 g/mol. The highest BCUT2D eigenvalue weighted by atomic mass is 15.2. The van der Waals surface area contributed by atoms with Crippen molar-refractivity contribution in [1.82, 2.24) is 15.2 Å². The van der Waals surface area contributed by atoms with Crippen LogP contribution in [0.5, 0.6) is 0 Å². The van der Waals surface area contributed by atoms with Crippen molar-refractivity contribution in [2.45, 2.75) is 32.7 Å². The van der Waals surface area contributed by atoms with E-state index in [1.165, 1.54) is 25.1 Å². The van der Waals surface area contributed by atoms with Gasteiger partial charge in [-0.25, -0.2) is 0 Å². The van der Waals surface area contributed by atoms with Crippen molar-refractivity contribution in [3.8, 4) is 0 Å². The van der Waals surface area contributed by atoms with Crippen molar-refractivity contribution >= 4 is 0 Å². The van der Waals surface area contributed by atoms with E-state index in [0.29, 0.717) is 12.0 Å². The largest absolute Gasteiger partial charge is 0.312 e. The zero-order valence-electron chi connectivity index (χ0n) is 11.6. The number of hydrogen-bond acceptors (Lipinski definition) is 3. The lowest BCUT2D eigenvalue weighted by Crippen LogP contribution is -2.41. The molecule has 0 radical (unpaired) electrons. The molecule has 1 unspecified atom stereocenters. The van der Waals surface area contributed by atoms with Crippen LogP contribution in [0.15, 0.2) is 24.5 Å². The monoisotopic (exact) mass is 247 g/mol. The van der Waals surface area contributed by atoms with Crippen LogP contribution in [0, 0.1) is 5.92 Å². The number of nitrogens with one attached hydrogen (secondary N) is 1. The topological polar surface area (TPSA) is 28.2 Å². The fourth-order valence-electron chi connectivity index (χ4n) is 2.51. The fourth-order valence-corrected chi connectivity index (χ4v) is 2.51. The first-order chi connectivity index (χ1) is 8.75. The molecule has 0 aliphatic carbocycles. The standard InChI is InChI=1S/C15H25N3/c1-13(2)15-12-18(9-4-8-17-15)10-6-14-5-3-7-16-11-14/h3,5,7,11,13,15,17H,4,6,8-10,12H2,1-2H3. The zero-order chi connectivity index (χ0) is 12.8. The van der Waals surface area contributed by atoms with Gasteiger partial charge in [0.2, 0.25) is 0 Å². The highest BCUT2D eigenvalue weighted by Crippen LogP contribution is 2.09. The van der Waals surface area contributed by atoms with E-state index in [9.17, 15) is 0 Å². The normalized spacial score (nSPS) is 22.1. The van der Waals surface area contributed by atoms with Gasteiger partial charge in [-0.2, -0.15) is 0 Å². The van der Waals surface area contributed by atoms with Crippen molar-refractivity contribution in [2.24, 2.45) is 5.92 Å². The molecule has 1 aliphatic rings. The number of aromatic nitrogens is 1. The van der Waals surface area contributed by atoms with Crippen molar-refractivity contribution < 1.29 is 0 Å². The predicted molar refractivity (Wildman–Crippen MR) is 75.6 cm³/mol. The Morgan fingerprint density at radius 1 is 1.50 bits per heavy atom. The second kappa shape index (κ2) is 6.86. The van der Waals surface area contributed by atoms with E-state index >= 15 is 0 Å². The number of rotatable bonds is 4. The molecule has 2 rings (SSSR count). The lowest BCUT2D eigenvalue weighted by Gasteiger charge is -2.26. The van der Waals surface area contributed by atoms with Crippen LogP contribution < -0.4 is 5.32 Å². The number of hydrogen-bond donors (Lipinski definition) is 1. The van der Waals surface area contributed by atoms with Gasteiger partial charge >= 0.3 is 0 Å². The molecule has 18 heavy (non-hydrogen) atoms. The third kappa shape index (κ3) is 4.07. The minimum Gasteiger partial charge on any atom is -0.312 e. The lowest BCUT2D eigenvalue weighted by atomic mass is 10.0. The first-order valence-corrected chi connectivity index (χ1v) is 7.10. The lowest BCUT2D eigenvalue weighted by molar-refractivity contribution is 0.248. The Hall–Kier alpha value is -0.930. The molecule has 0 spiro atoms. The van der Waals surface area contributed by atoms with Crippen LogP contribution in [-0.2, 0) is 6.42 Å². The summed E-state index contributed by atoms with van der Waals surface area (Å²) in [6.45, 7) is 9.32. The van der Waals surface area contributed by atoms with Gasteiger partial charge in [-0.1, -0.05) is 19.9 Å². The van der Waals surface area contributed by atoms with Gasteiger partial charge in [0.1, 0.15) is 0 Å². The Balaban J connectivity index is 1.84. The van der Waals surface area contributed by atoms with E-state index in [4.69, 9.17) is 0 Å². The number of nitrogens with zero attached hydrogens (tertiary/aromatic N) is 2. The molecule has 3 nitrogen and oxygen atoms in total. The van der Waals surface area contributed by atoms with E-state index in [1.807, 2.05) is 18.5 Å². The molecule has 100 valence electrons. The maximum absolute atomic E-state index is 4.18. The zero-order valence-corrected chi connectivity index (χ0v) is 11.6. The molecule has 0 aromatic carbocycles. The third-order valence-corrected chi connectivity index (χ3v) is 3.76. The molecule has 1 fully saturated rings. The van der Waals surface area contributed by atoms with Crippen LogP contribution in [0.2, 0.25) is 0 Å². The van der Waals surface area contributed by atoms with Gasteiger partial charge in [-0.3, -0.25) is 4.98 Å². The highest BCUT2D eigenvalue weighted by Gasteiger charge is 2.19. The maximum atomic E-state index is 4.18. The molecule has 3 heteroatoms. The first-order valence-electron chi connectivity index (χ1n) is 7.10. The van der Waals surface area contributed by atoms with E-state index in [0.717, 1.165) is 19.5 Å². The van der Waals surface area contributed by atoms with E-state index in [1.54, 1.807) is 0 Å². The summed E-state index contributed by atoms with van der Waals surface area (Å²) in [5, 5.41) is 3.66. The molecule has 1 aromatic heterocycles. The molecule has 1 aromatic rings. The van der Waals surface area contributed by atoms with Gasteiger partial charge in [0.25, 0.3) is 0 Å². The molecule has 2 heterocycles. The van der Waals surface area contributed by atoms with E-state index in [-0.39, 0.29) is 0 Å². The minimum atomic E-state index is 0.640. The first kappa shape index (κ1) is 13.5. The fraction of sp³-hybridized carbons (Fsp3) is 0.667. The summed E-state index contributed by atoms with van der Waals surface area (Å²) in [5.41, 5.74) is 1.34. The average Bonchev–Trinajstić information content (AvgIpc) is 2.63. The molecule has 0 bridgehead atoms. The molecule has 0 saturated carbocycles. The molecular weight excluding hydrogens is 222 g/mol. The molecule has 1 N–H and O–H groups in total. The van der Waals surface area contributed by atoms with Gasteiger partial charge in [0.05, 0.1) is 0 Å². The summed E-state index contributed by atoms with van der Waals surface area (Å²) < 4.78 is 0. The van der Waals surface area contributed by atoms with Crippen LogP contribution in [-0.4, -0.2) is 42.1 Å². The van der Waals surface area contributed by atoms with Gasteiger partial charge in [-0.05, 0) is 43.5 Å².